The monoisotopic (exact) mass is 851 g/mol. The molecule has 0 aromatic heterocycles. The molecule has 3 unspecified atom stereocenters. The Balaban J connectivity index is 4.10. The zero-order chi connectivity index (χ0) is 43.6. The summed E-state index contributed by atoms with van der Waals surface area (Å²) in [5, 5.41) is 13.9. The highest BCUT2D eigenvalue weighted by Gasteiger charge is 2.24. The molecule has 0 saturated carbocycles. The van der Waals surface area contributed by atoms with Crippen LogP contribution in [0.3, 0.4) is 0 Å². The Bertz CT molecular complexity index is 1100. The molecular formula is C50H95N2O6P. The van der Waals surface area contributed by atoms with Gasteiger partial charge in [-0.1, -0.05) is 204 Å². The van der Waals surface area contributed by atoms with Gasteiger partial charge < -0.3 is 28.8 Å². The van der Waals surface area contributed by atoms with Crippen molar-refractivity contribution in [1.29, 1.82) is 0 Å². The summed E-state index contributed by atoms with van der Waals surface area (Å²) in [6, 6.07) is -0.799. The minimum atomic E-state index is -4.56. The van der Waals surface area contributed by atoms with Gasteiger partial charge in [-0.15, -0.1) is 0 Å². The van der Waals surface area contributed by atoms with Crippen LogP contribution in [0.1, 0.15) is 213 Å². The van der Waals surface area contributed by atoms with Crippen molar-refractivity contribution < 1.29 is 32.9 Å². The topological polar surface area (TPSA) is 108 Å². The Morgan fingerprint density at radius 3 is 1.51 bits per heavy atom. The minimum absolute atomic E-state index is 0.0113. The van der Waals surface area contributed by atoms with Crippen LogP contribution in [0.15, 0.2) is 48.6 Å². The third-order valence-corrected chi connectivity index (χ3v) is 11.8. The van der Waals surface area contributed by atoms with E-state index in [9.17, 15) is 19.4 Å². The zero-order valence-electron chi connectivity index (χ0n) is 39.2. The molecule has 0 aliphatic rings. The summed E-state index contributed by atoms with van der Waals surface area (Å²) in [5.41, 5.74) is 0. The number of aliphatic hydroxyl groups excluding tert-OH is 1. The van der Waals surface area contributed by atoms with Crippen molar-refractivity contribution in [2.75, 3.05) is 40.9 Å². The lowest BCUT2D eigenvalue weighted by molar-refractivity contribution is -0.870. The van der Waals surface area contributed by atoms with Crippen molar-refractivity contribution >= 4 is 13.7 Å². The highest BCUT2D eigenvalue weighted by Crippen LogP contribution is 2.38. The molecule has 9 heteroatoms. The van der Waals surface area contributed by atoms with Crippen LogP contribution in [-0.4, -0.2) is 68.5 Å². The van der Waals surface area contributed by atoms with E-state index in [-0.39, 0.29) is 19.1 Å². The molecule has 0 aliphatic carbocycles. The summed E-state index contributed by atoms with van der Waals surface area (Å²) in [6.45, 7) is 4.59. The van der Waals surface area contributed by atoms with E-state index in [1.165, 1.54) is 122 Å². The Kier molecular flexibility index (Phi) is 40.7. The number of hydrogen-bond acceptors (Lipinski definition) is 6. The number of nitrogens with zero attached hydrogens (tertiary/aromatic N) is 1. The number of phosphoric acid groups is 1. The van der Waals surface area contributed by atoms with Gasteiger partial charge >= 0.3 is 0 Å². The first-order valence-electron chi connectivity index (χ1n) is 24.5. The van der Waals surface area contributed by atoms with Gasteiger partial charge in [0.05, 0.1) is 39.9 Å². The summed E-state index contributed by atoms with van der Waals surface area (Å²) in [7, 11) is 1.30. The summed E-state index contributed by atoms with van der Waals surface area (Å²) < 4.78 is 23.3. The van der Waals surface area contributed by atoms with Crippen LogP contribution >= 0.6 is 7.82 Å². The minimum Gasteiger partial charge on any atom is -0.756 e. The fourth-order valence-electron chi connectivity index (χ4n) is 6.97. The van der Waals surface area contributed by atoms with E-state index < -0.39 is 20.0 Å². The molecule has 0 aromatic carbocycles. The van der Waals surface area contributed by atoms with E-state index >= 15 is 0 Å². The van der Waals surface area contributed by atoms with Crippen LogP contribution in [0.4, 0.5) is 0 Å². The maximum atomic E-state index is 12.9. The van der Waals surface area contributed by atoms with E-state index in [0.29, 0.717) is 23.9 Å². The van der Waals surface area contributed by atoms with Gasteiger partial charge in [-0.05, 0) is 51.4 Å². The van der Waals surface area contributed by atoms with Gasteiger partial charge in [-0.25, -0.2) is 0 Å². The van der Waals surface area contributed by atoms with E-state index in [2.05, 4.69) is 67.8 Å². The largest absolute Gasteiger partial charge is 0.756 e. The number of nitrogens with one attached hydrogen (secondary N) is 1. The molecule has 346 valence electrons. The van der Waals surface area contributed by atoms with Gasteiger partial charge in [-0.3, -0.25) is 9.36 Å². The third-order valence-electron chi connectivity index (χ3n) is 10.8. The number of amides is 1. The highest BCUT2D eigenvalue weighted by atomic mass is 31.2. The van der Waals surface area contributed by atoms with Crippen molar-refractivity contribution in [2.24, 2.45) is 0 Å². The number of hydrogen-bond donors (Lipinski definition) is 2. The maximum absolute atomic E-state index is 12.9. The standard InChI is InChI=1S/C50H95N2O6P/c1-6-8-10-12-14-16-18-19-20-21-22-23-24-25-26-27-28-29-30-31-32-33-34-36-38-40-42-44-50(54)51-48(47-58-59(55,56)57-46-45-52(3,4)5)49(53)43-41-39-37-35-17-15-13-11-9-7-2/h8,10,14,16,19-20,22-23,48-49,53H,6-7,9,11-13,15,17-18,21,24-47H2,1-5H3,(H-,51,54,55,56)/b10-8-,16-14-,20-19-,23-22-. The smallest absolute Gasteiger partial charge is 0.268 e. The Labute approximate surface area is 365 Å². The van der Waals surface area contributed by atoms with Crippen LogP contribution in [0.2, 0.25) is 0 Å². The molecule has 0 aliphatic heterocycles. The average Bonchev–Trinajstić information content (AvgIpc) is 3.19. The first-order valence-corrected chi connectivity index (χ1v) is 25.9. The van der Waals surface area contributed by atoms with E-state index in [1.54, 1.807) is 0 Å². The predicted molar refractivity (Wildman–Crippen MR) is 251 cm³/mol. The van der Waals surface area contributed by atoms with Gasteiger partial charge in [0.1, 0.15) is 13.2 Å². The van der Waals surface area contributed by atoms with Crippen LogP contribution in [0.5, 0.6) is 0 Å². The average molecular weight is 851 g/mol. The van der Waals surface area contributed by atoms with Crippen molar-refractivity contribution in [2.45, 2.75) is 225 Å². The second-order valence-corrected chi connectivity index (χ2v) is 19.2. The molecule has 0 rings (SSSR count). The van der Waals surface area contributed by atoms with Crippen molar-refractivity contribution in [3.8, 4) is 0 Å². The number of phosphoric ester groups is 1. The quantitative estimate of drug-likeness (QED) is 0.0274. The van der Waals surface area contributed by atoms with Crippen LogP contribution in [-0.2, 0) is 18.4 Å². The fourth-order valence-corrected chi connectivity index (χ4v) is 7.69. The molecule has 0 aromatic rings. The third kappa shape index (κ3) is 44.3. The Morgan fingerprint density at radius 2 is 1.03 bits per heavy atom. The number of carbonyl (C=O) groups excluding carboxylic acids is 1. The summed E-state index contributed by atoms with van der Waals surface area (Å²) in [4.78, 5) is 25.3. The molecule has 0 saturated heterocycles. The second-order valence-electron chi connectivity index (χ2n) is 17.8. The van der Waals surface area contributed by atoms with Crippen molar-refractivity contribution in [1.82, 2.24) is 5.32 Å². The summed E-state index contributed by atoms with van der Waals surface area (Å²) in [6.07, 6.45) is 52.7. The first-order chi connectivity index (χ1) is 28.5. The fraction of sp³-hybridized carbons (Fsp3) is 0.820. The number of allylic oxidation sites excluding steroid dienone is 8. The number of carbonyl (C=O) groups is 1. The first kappa shape index (κ1) is 57.5. The number of rotatable bonds is 44. The number of aliphatic hydroxyl groups is 1. The second kappa shape index (κ2) is 41.8. The molecule has 0 heterocycles. The van der Waals surface area contributed by atoms with Gasteiger partial charge in [-0.2, -0.15) is 0 Å². The van der Waals surface area contributed by atoms with E-state index in [0.717, 1.165) is 64.2 Å². The zero-order valence-corrected chi connectivity index (χ0v) is 40.1. The number of quaternary nitrogens is 1. The number of unbranched alkanes of at least 4 members (excludes halogenated alkanes) is 23. The van der Waals surface area contributed by atoms with Gasteiger partial charge in [0.25, 0.3) is 7.82 Å². The SMILES string of the molecule is CC/C=C\C/C=C\C/C=C\C/C=C\CCCCCCCCCCCCCCCCC(=O)NC(COP(=O)([O-])OCC[N+](C)(C)C)C(O)CCCCCCCCCCCC. The molecular weight excluding hydrogens is 756 g/mol. The van der Waals surface area contributed by atoms with E-state index in [1.807, 2.05) is 21.1 Å². The van der Waals surface area contributed by atoms with Gasteiger partial charge in [0.15, 0.2) is 0 Å². The lowest BCUT2D eigenvalue weighted by Crippen LogP contribution is -2.46. The summed E-state index contributed by atoms with van der Waals surface area (Å²) >= 11 is 0. The lowest BCUT2D eigenvalue weighted by atomic mass is 10.0. The van der Waals surface area contributed by atoms with Gasteiger partial charge in [0.2, 0.25) is 5.91 Å². The molecule has 8 nitrogen and oxygen atoms in total. The maximum Gasteiger partial charge on any atom is 0.268 e. The Hall–Kier alpha value is -1.54. The molecule has 3 atom stereocenters. The molecule has 0 radical (unpaired) electrons. The molecule has 0 fully saturated rings. The molecule has 0 bridgehead atoms. The highest BCUT2D eigenvalue weighted by molar-refractivity contribution is 7.45. The van der Waals surface area contributed by atoms with Crippen LogP contribution in [0, 0.1) is 0 Å². The molecule has 1 amide bonds. The Morgan fingerprint density at radius 1 is 0.610 bits per heavy atom. The normalized spacial score (nSPS) is 14.6. The lowest BCUT2D eigenvalue weighted by Gasteiger charge is -2.30. The number of likely N-dealkylation sites (N-methyl/N-ethyl adjacent to an activating group) is 1. The van der Waals surface area contributed by atoms with Crippen molar-refractivity contribution in [3.63, 3.8) is 0 Å². The van der Waals surface area contributed by atoms with Crippen LogP contribution < -0.4 is 10.2 Å². The van der Waals surface area contributed by atoms with Crippen LogP contribution in [0.25, 0.3) is 0 Å². The predicted octanol–water partition coefficient (Wildman–Crippen LogP) is 13.4. The van der Waals surface area contributed by atoms with E-state index in [4.69, 9.17) is 9.05 Å². The molecule has 2 N–H and O–H groups in total. The molecule has 59 heavy (non-hydrogen) atoms. The van der Waals surface area contributed by atoms with Gasteiger partial charge in [0, 0.05) is 6.42 Å². The molecule has 0 spiro atoms. The van der Waals surface area contributed by atoms with Crippen molar-refractivity contribution in [3.05, 3.63) is 48.6 Å². The summed E-state index contributed by atoms with van der Waals surface area (Å²) in [5.74, 6) is -0.168.